The van der Waals surface area contributed by atoms with Gasteiger partial charge in [0.25, 0.3) is 0 Å². The van der Waals surface area contributed by atoms with Gasteiger partial charge >= 0.3 is 0 Å². The summed E-state index contributed by atoms with van der Waals surface area (Å²) in [5.41, 5.74) is 5.33. The van der Waals surface area contributed by atoms with Crippen molar-refractivity contribution in [2.24, 2.45) is 17.6 Å². The molecule has 0 aromatic carbocycles. The van der Waals surface area contributed by atoms with Crippen molar-refractivity contribution in [1.82, 2.24) is 5.32 Å². The third-order valence-electron chi connectivity index (χ3n) is 4.03. The van der Waals surface area contributed by atoms with E-state index in [9.17, 15) is 4.79 Å². The number of nitrogens with two attached hydrogens (primary N) is 1. The van der Waals surface area contributed by atoms with Crippen LogP contribution in [-0.4, -0.2) is 18.0 Å². The summed E-state index contributed by atoms with van der Waals surface area (Å²) in [7, 11) is 0. The van der Waals surface area contributed by atoms with Crippen molar-refractivity contribution in [2.75, 3.05) is 0 Å². The highest BCUT2D eigenvalue weighted by molar-refractivity contribution is 5.76. The molecule has 0 aromatic heterocycles. The van der Waals surface area contributed by atoms with Crippen molar-refractivity contribution in [3.63, 3.8) is 0 Å². The fourth-order valence-corrected chi connectivity index (χ4v) is 2.87. The second kappa shape index (κ2) is 5.17. The summed E-state index contributed by atoms with van der Waals surface area (Å²) in [6.07, 6.45) is 8.37. The predicted molar refractivity (Wildman–Crippen MR) is 64.9 cm³/mol. The lowest BCUT2D eigenvalue weighted by Crippen LogP contribution is -2.41. The molecule has 2 aliphatic rings. The van der Waals surface area contributed by atoms with Gasteiger partial charge in [-0.25, -0.2) is 0 Å². The van der Waals surface area contributed by atoms with E-state index < -0.39 is 0 Å². The molecule has 0 spiro atoms. The molecule has 2 saturated carbocycles. The van der Waals surface area contributed by atoms with Crippen molar-refractivity contribution in [1.29, 1.82) is 0 Å². The normalized spacial score (nSPS) is 32.3. The zero-order valence-corrected chi connectivity index (χ0v) is 10.2. The summed E-state index contributed by atoms with van der Waals surface area (Å²) in [5, 5.41) is 3.70. The Hall–Kier alpha value is -0.570. The zero-order valence-electron chi connectivity index (χ0n) is 10.2. The summed E-state index contributed by atoms with van der Waals surface area (Å²) < 4.78 is 0. The van der Waals surface area contributed by atoms with Crippen molar-refractivity contribution >= 4 is 5.91 Å². The Bertz CT molecular complexity index is 242. The first-order chi connectivity index (χ1) is 7.65. The summed E-state index contributed by atoms with van der Waals surface area (Å²) in [5.74, 6) is 1.02. The number of carbonyl (C=O) groups is 1. The molecule has 92 valence electrons. The first-order valence-corrected chi connectivity index (χ1v) is 6.70. The number of nitrogens with one attached hydrogen (secondary N) is 1. The maximum atomic E-state index is 11.0. The van der Waals surface area contributed by atoms with Crippen LogP contribution in [0.4, 0.5) is 0 Å². The van der Waals surface area contributed by atoms with Crippen LogP contribution in [-0.2, 0) is 4.79 Å². The quantitative estimate of drug-likeness (QED) is 0.748. The second-order valence-electron chi connectivity index (χ2n) is 5.70. The average Bonchev–Trinajstić information content (AvgIpc) is 3.02. The maximum Gasteiger partial charge on any atom is 0.220 e. The molecule has 3 N–H and O–H groups in total. The van der Waals surface area contributed by atoms with Crippen LogP contribution < -0.4 is 11.1 Å². The Kier molecular flexibility index (Phi) is 3.85. The first-order valence-electron chi connectivity index (χ1n) is 6.70. The number of carbonyl (C=O) groups excluding carboxylic acids is 1. The van der Waals surface area contributed by atoms with E-state index in [0.29, 0.717) is 12.1 Å². The summed E-state index contributed by atoms with van der Waals surface area (Å²) in [6, 6.07) is 1.26. The van der Waals surface area contributed by atoms with Gasteiger partial charge in [0.15, 0.2) is 0 Å². The van der Waals surface area contributed by atoms with Crippen molar-refractivity contribution in [3.8, 4) is 0 Å². The Labute approximate surface area is 98.2 Å². The van der Waals surface area contributed by atoms with E-state index in [1.54, 1.807) is 0 Å². The predicted octanol–water partition coefficient (Wildman–Crippen LogP) is 1.81. The van der Waals surface area contributed by atoms with E-state index in [1.807, 2.05) is 0 Å². The van der Waals surface area contributed by atoms with Gasteiger partial charge in [0, 0.05) is 18.0 Å². The van der Waals surface area contributed by atoms with Gasteiger partial charge in [0.05, 0.1) is 0 Å². The van der Waals surface area contributed by atoms with E-state index >= 15 is 0 Å². The highest BCUT2D eigenvalue weighted by Gasteiger charge is 2.27. The largest absolute Gasteiger partial charge is 0.369 e. The number of primary amides is 1. The Morgan fingerprint density at radius 3 is 2.38 bits per heavy atom. The lowest BCUT2D eigenvalue weighted by molar-refractivity contribution is -0.122. The first kappa shape index (κ1) is 11.9. The topological polar surface area (TPSA) is 55.1 Å². The highest BCUT2D eigenvalue weighted by Crippen LogP contribution is 2.34. The zero-order chi connectivity index (χ0) is 11.5. The van der Waals surface area contributed by atoms with Gasteiger partial charge in [0.1, 0.15) is 0 Å². The lowest BCUT2D eigenvalue weighted by Gasteiger charge is -2.30. The van der Waals surface area contributed by atoms with Gasteiger partial charge in [-0.15, -0.1) is 0 Å². The standard InChI is InChI=1S/C13H24N2O/c1-9(8-10-2-3-10)15-12-6-4-11(5-7-12)13(14)16/h9-12,15H,2-8H2,1H3,(H2,14,16). The van der Waals surface area contributed by atoms with E-state index in [2.05, 4.69) is 12.2 Å². The molecule has 16 heavy (non-hydrogen) atoms. The van der Waals surface area contributed by atoms with Gasteiger partial charge in [-0.2, -0.15) is 0 Å². The van der Waals surface area contributed by atoms with Crippen LogP contribution in [0.3, 0.4) is 0 Å². The van der Waals surface area contributed by atoms with Crippen molar-refractivity contribution in [2.45, 2.75) is 64.0 Å². The lowest BCUT2D eigenvalue weighted by atomic mass is 9.85. The summed E-state index contributed by atoms with van der Waals surface area (Å²) in [4.78, 5) is 11.0. The third-order valence-corrected chi connectivity index (χ3v) is 4.03. The molecule has 1 unspecified atom stereocenters. The molecule has 1 atom stereocenters. The van der Waals surface area contributed by atoms with Gasteiger partial charge in [-0.05, 0) is 44.9 Å². The third kappa shape index (κ3) is 3.48. The fraction of sp³-hybridized carbons (Fsp3) is 0.923. The van der Waals surface area contributed by atoms with E-state index in [-0.39, 0.29) is 11.8 Å². The van der Waals surface area contributed by atoms with E-state index in [0.717, 1.165) is 31.6 Å². The molecule has 2 fully saturated rings. The van der Waals surface area contributed by atoms with Crippen LogP contribution in [0.1, 0.15) is 51.9 Å². The molecule has 0 aromatic rings. The second-order valence-corrected chi connectivity index (χ2v) is 5.70. The molecule has 3 nitrogen and oxygen atoms in total. The monoisotopic (exact) mass is 224 g/mol. The van der Waals surface area contributed by atoms with Crippen molar-refractivity contribution in [3.05, 3.63) is 0 Å². The molecule has 0 radical (unpaired) electrons. The minimum atomic E-state index is -0.107. The fourth-order valence-electron chi connectivity index (χ4n) is 2.87. The SMILES string of the molecule is CC(CC1CC1)NC1CCC(C(N)=O)CC1. The summed E-state index contributed by atoms with van der Waals surface area (Å²) in [6.45, 7) is 2.29. The van der Waals surface area contributed by atoms with Crippen LogP contribution in [0.15, 0.2) is 0 Å². The van der Waals surface area contributed by atoms with Crippen molar-refractivity contribution < 1.29 is 4.79 Å². The van der Waals surface area contributed by atoms with Crippen LogP contribution in [0.5, 0.6) is 0 Å². The highest BCUT2D eigenvalue weighted by atomic mass is 16.1. The molecule has 0 aliphatic heterocycles. The van der Waals surface area contributed by atoms with Crippen LogP contribution in [0, 0.1) is 11.8 Å². The molecule has 1 amide bonds. The minimum absolute atomic E-state index is 0.107. The minimum Gasteiger partial charge on any atom is -0.369 e. The summed E-state index contributed by atoms with van der Waals surface area (Å²) >= 11 is 0. The number of hydrogen-bond acceptors (Lipinski definition) is 2. The number of rotatable bonds is 5. The smallest absolute Gasteiger partial charge is 0.220 e. The molecule has 0 heterocycles. The Morgan fingerprint density at radius 1 is 1.25 bits per heavy atom. The maximum absolute atomic E-state index is 11.0. The molecule has 2 rings (SSSR count). The van der Waals surface area contributed by atoms with Gasteiger partial charge in [-0.1, -0.05) is 12.8 Å². The molecule has 2 aliphatic carbocycles. The Morgan fingerprint density at radius 2 is 1.88 bits per heavy atom. The number of hydrogen-bond donors (Lipinski definition) is 2. The molecule has 0 saturated heterocycles. The van der Waals surface area contributed by atoms with Gasteiger partial charge in [0.2, 0.25) is 5.91 Å². The molecular formula is C13H24N2O. The molecular weight excluding hydrogens is 200 g/mol. The molecule has 0 bridgehead atoms. The van der Waals surface area contributed by atoms with Crippen LogP contribution in [0.25, 0.3) is 0 Å². The average molecular weight is 224 g/mol. The van der Waals surface area contributed by atoms with E-state index in [1.165, 1.54) is 19.3 Å². The Balaban J connectivity index is 1.65. The van der Waals surface area contributed by atoms with E-state index in [4.69, 9.17) is 5.73 Å². The van der Waals surface area contributed by atoms with Gasteiger partial charge in [-0.3, -0.25) is 4.79 Å². The number of amides is 1. The molecule has 3 heteroatoms. The van der Waals surface area contributed by atoms with Gasteiger partial charge < -0.3 is 11.1 Å². The van der Waals surface area contributed by atoms with Crippen LogP contribution >= 0.6 is 0 Å². The van der Waals surface area contributed by atoms with Crippen LogP contribution in [0.2, 0.25) is 0 Å².